The molecule has 20 heavy (non-hydrogen) atoms. The number of carbonyl (C=O) groups is 1. The van der Waals surface area contributed by atoms with Crippen LogP contribution in [0.1, 0.15) is 23.3 Å². The van der Waals surface area contributed by atoms with Gasteiger partial charge in [-0.05, 0) is 25.0 Å². The van der Waals surface area contributed by atoms with Crippen LogP contribution in [0.15, 0.2) is 33.4 Å². The Hall–Kier alpha value is -2.08. The lowest BCUT2D eigenvalue weighted by molar-refractivity contribution is 0.0670. The highest BCUT2D eigenvalue weighted by Gasteiger charge is 2.34. The van der Waals surface area contributed by atoms with Crippen LogP contribution in [0.25, 0.3) is 11.5 Å². The quantitative estimate of drug-likeness (QED) is 0.809. The van der Waals surface area contributed by atoms with E-state index in [0.717, 1.165) is 12.8 Å². The summed E-state index contributed by atoms with van der Waals surface area (Å²) in [4.78, 5) is 14.2. The van der Waals surface area contributed by atoms with Gasteiger partial charge in [-0.3, -0.25) is 4.79 Å². The molecule has 0 N–H and O–H groups in total. The van der Waals surface area contributed by atoms with Gasteiger partial charge in [0.05, 0.1) is 12.9 Å². The van der Waals surface area contributed by atoms with E-state index in [1.807, 2.05) is 0 Å². The predicted molar refractivity (Wildman–Crippen MR) is 70.1 cm³/mol. The third kappa shape index (κ3) is 2.60. The van der Waals surface area contributed by atoms with Gasteiger partial charge in [-0.25, -0.2) is 0 Å². The van der Waals surface area contributed by atoms with E-state index in [2.05, 4.69) is 5.16 Å². The molecule has 2 heterocycles. The van der Waals surface area contributed by atoms with E-state index < -0.39 is 0 Å². The summed E-state index contributed by atoms with van der Waals surface area (Å²) in [5.41, 5.74) is 0.305. The summed E-state index contributed by atoms with van der Waals surface area (Å²) >= 11 is 0. The Balaban J connectivity index is 1.75. The normalized spacial score (nSPS) is 14.4. The molecule has 6 heteroatoms. The lowest BCUT2D eigenvalue weighted by Crippen LogP contribution is -2.36. The molecule has 1 aliphatic carbocycles. The minimum absolute atomic E-state index is 0.119. The highest BCUT2D eigenvalue weighted by molar-refractivity contribution is 5.93. The summed E-state index contributed by atoms with van der Waals surface area (Å²) in [5, 5.41) is 3.84. The molecule has 2 aromatic rings. The van der Waals surface area contributed by atoms with Gasteiger partial charge in [-0.15, -0.1) is 0 Å². The van der Waals surface area contributed by atoms with Gasteiger partial charge in [0.1, 0.15) is 0 Å². The topological polar surface area (TPSA) is 68.7 Å². The van der Waals surface area contributed by atoms with Crippen LogP contribution in [-0.2, 0) is 4.74 Å². The zero-order valence-corrected chi connectivity index (χ0v) is 11.2. The van der Waals surface area contributed by atoms with Crippen LogP contribution in [0, 0.1) is 0 Å². The van der Waals surface area contributed by atoms with E-state index in [1.165, 1.54) is 0 Å². The van der Waals surface area contributed by atoms with Crippen LogP contribution in [0.5, 0.6) is 0 Å². The van der Waals surface area contributed by atoms with Crippen molar-refractivity contribution in [2.24, 2.45) is 0 Å². The number of carbonyl (C=O) groups excluding carboxylic acids is 1. The van der Waals surface area contributed by atoms with Gasteiger partial charge in [0.15, 0.2) is 11.5 Å². The van der Waals surface area contributed by atoms with Crippen LogP contribution in [-0.4, -0.2) is 42.3 Å². The van der Waals surface area contributed by atoms with Crippen LogP contribution < -0.4 is 0 Å². The molecule has 0 unspecified atom stereocenters. The van der Waals surface area contributed by atoms with Crippen LogP contribution in [0.3, 0.4) is 0 Å². The lowest BCUT2D eigenvalue weighted by Gasteiger charge is -2.20. The third-order valence-electron chi connectivity index (χ3n) is 3.28. The van der Waals surface area contributed by atoms with Gasteiger partial charge in [-0.2, -0.15) is 0 Å². The number of hydrogen-bond donors (Lipinski definition) is 0. The average molecular weight is 276 g/mol. The number of hydrogen-bond acceptors (Lipinski definition) is 5. The molecule has 0 bridgehead atoms. The molecule has 0 radical (unpaired) electrons. The SMILES string of the molecule is COCCN(C(=O)c1cc(-c2ccco2)on1)C1CC1. The molecule has 0 aromatic carbocycles. The molecule has 0 spiro atoms. The fraction of sp³-hybridized carbons (Fsp3) is 0.429. The second kappa shape index (κ2) is 5.50. The molecule has 1 aliphatic rings. The van der Waals surface area contributed by atoms with E-state index in [4.69, 9.17) is 13.7 Å². The largest absolute Gasteiger partial charge is 0.461 e. The summed E-state index contributed by atoms with van der Waals surface area (Å²) in [6.45, 7) is 1.09. The average Bonchev–Trinajstić information content (AvgIpc) is 2.97. The number of methoxy groups -OCH3 is 1. The van der Waals surface area contributed by atoms with Crippen LogP contribution in [0.4, 0.5) is 0 Å². The Bertz CT molecular complexity index is 572. The maximum atomic E-state index is 12.4. The third-order valence-corrected chi connectivity index (χ3v) is 3.28. The highest BCUT2D eigenvalue weighted by atomic mass is 16.5. The van der Waals surface area contributed by atoms with E-state index in [9.17, 15) is 4.79 Å². The predicted octanol–water partition coefficient (Wildman–Crippen LogP) is 2.19. The van der Waals surface area contributed by atoms with Crippen molar-refractivity contribution < 1.29 is 18.5 Å². The first kappa shape index (κ1) is 12.9. The number of amides is 1. The summed E-state index contributed by atoms with van der Waals surface area (Å²) < 4.78 is 15.4. The minimum atomic E-state index is -0.119. The fourth-order valence-electron chi connectivity index (χ4n) is 2.08. The van der Waals surface area contributed by atoms with Crippen molar-refractivity contribution in [2.45, 2.75) is 18.9 Å². The van der Waals surface area contributed by atoms with Crippen molar-refractivity contribution in [3.63, 3.8) is 0 Å². The first-order chi connectivity index (χ1) is 9.79. The van der Waals surface area contributed by atoms with Crippen LogP contribution >= 0.6 is 0 Å². The summed E-state index contributed by atoms with van der Waals surface area (Å²) in [7, 11) is 1.63. The Morgan fingerprint density at radius 3 is 3.00 bits per heavy atom. The second-order valence-corrected chi connectivity index (χ2v) is 4.78. The lowest BCUT2D eigenvalue weighted by atomic mass is 10.3. The molecule has 0 saturated heterocycles. The summed E-state index contributed by atoms with van der Waals surface area (Å²) in [6.07, 6.45) is 3.63. The van der Waals surface area contributed by atoms with Crippen LogP contribution in [0.2, 0.25) is 0 Å². The van der Waals surface area contributed by atoms with Crippen molar-refractivity contribution >= 4 is 5.91 Å². The Morgan fingerprint density at radius 2 is 2.35 bits per heavy atom. The van der Waals surface area contributed by atoms with E-state index in [1.54, 1.807) is 36.5 Å². The number of ether oxygens (including phenoxy) is 1. The Labute approximate surface area is 116 Å². The number of nitrogens with zero attached hydrogens (tertiary/aromatic N) is 2. The maximum absolute atomic E-state index is 12.4. The molecule has 1 saturated carbocycles. The van der Waals surface area contributed by atoms with Crippen molar-refractivity contribution in [3.8, 4) is 11.5 Å². The van der Waals surface area contributed by atoms with Crippen molar-refractivity contribution in [1.82, 2.24) is 10.1 Å². The fourth-order valence-corrected chi connectivity index (χ4v) is 2.08. The first-order valence-electron chi connectivity index (χ1n) is 6.60. The minimum Gasteiger partial charge on any atom is -0.461 e. The van der Waals surface area contributed by atoms with Crippen molar-refractivity contribution in [3.05, 3.63) is 30.2 Å². The molecule has 0 atom stereocenters. The molecular weight excluding hydrogens is 260 g/mol. The van der Waals surface area contributed by atoms with E-state index >= 15 is 0 Å². The Morgan fingerprint density at radius 1 is 1.50 bits per heavy atom. The standard InChI is InChI=1S/C14H16N2O4/c1-18-8-6-16(10-4-5-10)14(17)11-9-13(20-15-11)12-3-2-7-19-12/h2-3,7,9-10H,4-6,8H2,1H3. The van der Waals surface area contributed by atoms with E-state index in [-0.39, 0.29) is 5.91 Å². The smallest absolute Gasteiger partial charge is 0.276 e. The maximum Gasteiger partial charge on any atom is 0.276 e. The van der Waals surface area contributed by atoms with Crippen molar-refractivity contribution in [2.75, 3.05) is 20.3 Å². The molecule has 106 valence electrons. The molecule has 2 aromatic heterocycles. The molecule has 1 amide bonds. The molecule has 1 fully saturated rings. The highest BCUT2D eigenvalue weighted by Crippen LogP contribution is 2.29. The number of furan rings is 1. The zero-order chi connectivity index (χ0) is 13.9. The second-order valence-electron chi connectivity index (χ2n) is 4.78. The van der Waals surface area contributed by atoms with Gasteiger partial charge >= 0.3 is 0 Å². The zero-order valence-electron chi connectivity index (χ0n) is 11.2. The van der Waals surface area contributed by atoms with Gasteiger partial charge < -0.3 is 18.6 Å². The Kier molecular flexibility index (Phi) is 3.56. The van der Waals surface area contributed by atoms with E-state index in [0.29, 0.717) is 36.4 Å². The monoisotopic (exact) mass is 276 g/mol. The first-order valence-corrected chi connectivity index (χ1v) is 6.60. The van der Waals surface area contributed by atoms with Gasteiger partial charge in [0.25, 0.3) is 5.91 Å². The number of rotatable bonds is 6. The van der Waals surface area contributed by atoms with Gasteiger partial charge in [0, 0.05) is 25.8 Å². The summed E-state index contributed by atoms with van der Waals surface area (Å²) in [5.74, 6) is 0.901. The molecule has 0 aliphatic heterocycles. The summed E-state index contributed by atoms with van der Waals surface area (Å²) in [6, 6.07) is 5.44. The van der Waals surface area contributed by atoms with Gasteiger partial charge in [0.2, 0.25) is 5.76 Å². The van der Waals surface area contributed by atoms with Crippen molar-refractivity contribution in [1.29, 1.82) is 0 Å². The molecular formula is C14H16N2O4. The molecule has 6 nitrogen and oxygen atoms in total. The molecule has 3 rings (SSSR count). The van der Waals surface area contributed by atoms with Gasteiger partial charge in [-0.1, -0.05) is 5.16 Å². The number of aromatic nitrogens is 1.